The molecule has 2 saturated heterocycles. The number of hydrogen-bond acceptors (Lipinski definition) is 4. The first-order chi connectivity index (χ1) is 6.70. The van der Waals surface area contributed by atoms with Gasteiger partial charge in [-0.25, -0.2) is 0 Å². The minimum absolute atomic E-state index is 0. The van der Waals surface area contributed by atoms with E-state index in [9.17, 15) is 4.79 Å². The molecular weight excluding hydrogens is 218 g/mol. The SMILES string of the molecule is C[C@@H](N)C(=O)N1CCOC2CNCC21.Cl. The van der Waals surface area contributed by atoms with E-state index >= 15 is 0 Å². The van der Waals surface area contributed by atoms with Gasteiger partial charge >= 0.3 is 0 Å². The minimum Gasteiger partial charge on any atom is -0.373 e. The monoisotopic (exact) mass is 235 g/mol. The van der Waals surface area contributed by atoms with Gasteiger partial charge in [0.15, 0.2) is 0 Å². The van der Waals surface area contributed by atoms with Crippen molar-refractivity contribution in [3.63, 3.8) is 0 Å². The summed E-state index contributed by atoms with van der Waals surface area (Å²) in [4.78, 5) is 13.6. The standard InChI is InChI=1S/C9H17N3O2.ClH/c1-6(10)9(13)12-2-3-14-8-5-11-4-7(8)12;/h6-8,11H,2-5,10H2,1H3;1H/t6-,7?,8?;/m1./s1. The number of hydrogen-bond donors (Lipinski definition) is 2. The average molecular weight is 236 g/mol. The molecule has 2 aliphatic heterocycles. The van der Waals surface area contributed by atoms with E-state index in [-0.39, 0.29) is 30.5 Å². The number of nitrogens with one attached hydrogen (secondary N) is 1. The molecule has 0 saturated carbocycles. The van der Waals surface area contributed by atoms with Gasteiger partial charge in [-0.15, -0.1) is 12.4 Å². The smallest absolute Gasteiger partial charge is 0.239 e. The topological polar surface area (TPSA) is 67.6 Å². The van der Waals surface area contributed by atoms with Crippen LogP contribution in [0, 0.1) is 0 Å². The van der Waals surface area contributed by atoms with E-state index in [1.807, 2.05) is 4.90 Å². The highest BCUT2D eigenvalue weighted by atomic mass is 35.5. The maximum absolute atomic E-state index is 11.8. The molecule has 15 heavy (non-hydrogen) atoms. The van der Waals surface area contributed by atoms with Gasteiger partial charge in [0.1, 0.15) is 0 Å². The first kappa shape index (κ1) is 12.7. The first-order valence-electron chi connectivity index (χ1n) is 5.08. The van der Waals surface area contributed by atoms with E-state index in [1.165, 1.54) is 0 Å². The van der Waals surface area contributed by atoms with Crippen LogP contribution in [0.15, 0.2) is 0 Å². The Morgan fingerprint density at radius 1 is 1.60 bits per heavy atom. The van der Waals surface area contributed by atoms with Crippen molar-refractivity contribution in [1.82, 2.24) is 10.2 Å². The maximum atomic E-state index is 11.8. The zero-order chi connectivity index (χ0) is 10.1. The molecule has 0 aromatic heterocycles. The quantitative estimate of drug-likeness (QED) is 0.609. The summed E-state index contributed by atoms with van der Waals surface area (Å²) in [7, 11) is 0. The number of halogens is 1. The third kappa shape index (κ3) is 2.42. The van der Waals surface area contributed by atoms with Gasteiger partial charge in [-0.05, 0) is 6.92 Å². The average Bonchev–Trinajstić information content (AvgIpc) is 2.63. The molecule has 0 aromatic carbocycles. The molecule has 0 aliphatic carbocycles. The summed E-state index contributed by atoms with van der Waals surface area (Å²) < 4.78 is 5.56. The van der Waals surface area contributed by atoms with E-state index in [1.54, 1.807) is 6.92 Å². The van der Waals surface area contributed by atoms with Gasteiger partial charge in [-0.1, -0.05) is 0 Å². The number of ether oxygens (including phenoxy) is 1. The summed E-state index contributed by atoms with van der Waals surface area (Å²) in [5, 5.41) is 3.23. The van der Waals surface area contributed by atoms with E-state index in [0.717, 1.165) is 13.1 Å². The van der Waals surface area contributed by atoms with Gasteiger partial charge in [-0.3, -0.25) is 4.79 Å². The lowest BCUT2D eigenvalue weighted by Crippen LogP contribution is -2.56. The van der Waals surface area contributed by atoms with Gasteiger partial charge in [0.2, 0.25) is 5.91 Å². The first-order valence-corrected chi connectivity index (χ1v) is 5.08. The van der Waals surface area contributed by atoms with E-state index in [0.29, 0.717) is 13.2 Å². The maximum Gasteiger partial charge on any atom is 0.239 e. The predicted octanol–water partition coefficient (Wildman–Crippen LogP) is -1.05. The molecule has 2 rings (SSSR count). The van der Waals surface area contributed by atoms with Crippen LogP contribution in [0.5, 0.6) is 0 Å². The summed E-state index contributed by atoms with van der Waals surface area (Å²) in [6.07, 6.45) is 0.159. The van der Waals surface area contributed by atoms with Crippen LogP contribution in [-0.4, -0.2) is 55.2 Å². The molecule has 3 atom stereocenters. The highest BCUT2D eigenvalue weighted by molar-refractivity contribution is 5.85. The van der Waals surface area contributed by atoms with Crippen LogP contribution in [0.4, 0.5) is 0 Å². The number of nitrogens with zero attached hydrogens (tertiary/aromatic N) is 1. The normalized spacial score (nSPS) is 31.7. The Morgan fingerprint density at radius 2 is 2.33 bits per heavy atom. The van der Waals surface area contributed by atoms with Crippen molar-refractivity contribution in [2.45, 2.75) is 25.1 Å². The lowest BCUT2D eigenvalue weighted by Gasteiger charge is -2.37. The summed E-state index contributed by atoms with van der Waals surface area (Å²) in [5.41, 5.74) is 5.60. The Balaban J connectivity index is 0.00000112. The third-order valence-corrected chi connectivity index (χ3v) is 2.87. The Labute approximate surface area is 95.7 Å². The van der Waals surface area contributed by atoms with E-state index in [4.69, 9.17) is 10.5 Å². The van der Waals surface area contributed by atoms with E-state index < -0.39 is 6.04 Å². The Hall–Kier alpha value is -0.360. The zero-order valence-electron chi connectivity index (χ0n) is 8.81. The number of nitrogens with two attached hydrogens (primary N) is 1. The van der Waals surface area contributed by atoms with Crippen molar-refractivity contribution >= 4 is 18.3 Å². The van der Waals surface area contributed by atoms with Crippen LogP contribution < -0.4 is 11.1 Å². The molecule has 1 amide bonds. The van der Waals surface area contributed by atoms with Crippen LogP contribution in [0.1, 0.15) is 6.92 Å². The van der Waals surface area contributed by atoms with Gasteiger partial charge in [-0.2, -0.15) is 0 Å². The fraction of sp³-hybridized carbons (Fsp3) is 0.889. The summed E-state index contributed by atoms with van der Waals surface area (Å²) in [6.45, 7) is 4.69. The van der Waals surface area contributed by atoms with Gasteiger partial charge in [0.25, 0.3) is 0 Å². The molecule has 3 N–H and O–H groups in total. The van der Waals surface area contributed by atoms with Crippen molar-refractivity contribution < 1.29 is 9.53 Å². The highest BCUT2D eigenvalue weighted by Crippen LogP contribution is 2.17. The highest BCUT2D eigenvalue weighted by Gasteiger charge is 2.38. The molecule has 2 unspecified atom stereocenters. The Kier molecular flexibility index (Phi) is 4.33. The molecular formula is C9H18ClN3O2. The van der Waals surface area contributed by atoms with Crippen LogP contribution in [0.25, 0.3) is 0 Å². The van der Waals surface area contributed by atoms with Crippen LogP contribution >= 0.6 is 12.4 Å². The summed E-state index contributed by atoms with van der Waals surface area (Å²) in [5.74, 6) is 0.0343. The molecule has 2 heterocycles. The van der Waals surface area contributed by atoms with Gasteiger partial charge in [0, 0.05) is 19.6 Å². The van der Waals surface area contributed by atoms with Crippen molar-refractivity contribution in [3.05, 3.63) is 0 Å². The minimum atomic E-state index is -0.408. The largest absolute Gasteiger partial charge is 0.373 e. The lowest BCUT2D eigenvalue weighted by atomic mass is 10.1. The molecule has 6 heteroatoms. The second-order valence-corrected chi connectivity index (χ2v) is 3.96. The molecule has 0 spiro atoms. The van der Waals surface area contributed by atoms with Crippen LogP contribution in [0.3, 0.4) is 0 Å². The summed E-state index contributed by atoms with van der Waals surface area (Å²) >= 11 is 0. The molecule has 0 radical (unpaired) electrons. The van der Waals surface area contributed by atoms with Gasteiger partial charge < -0.3 is 20.7 Å². The number of carbonyl (C=O) groups is 1. The number of rotatable bonds is 1. The van der Waals surface area contributed by atoms with Crippen molar-refractivity contribution in [2.24, 2.45) is 5.73 Å². The number of morpholine rings is 1. The lowest BCUT2D eigenvalue weighted by molar-refractivity contribution is -0.143. The zero-order valence-corrected chi connectivity index (χ0v) is 9.63. The molecule has 0 bridgehead atoms. The molecule has 2 fully saturated rings. The second-order valence-electron chi connectivity index (χ2n) is 3.96. The fourth-order valence-corrected chi connectivity index (χ4v) is 2.13. The Bertz CT molecular complexity index is 237. The van der Waals surface area contributed by atoms with Gasteiger partial charge in [0.05, 0.1) is 24.8 Å². The molecule has 0 aromatic rings. The number of amides is 1. The van der Waals surface area contributed by atoms with Crippen molar-refractivity contribution in [1.29, 1.82) is 0 Å². The van der Waals surface area contributed by atoms with E-state index in [2.05, 4.69) is 5.32 Å². The molecule has 88 valence electrons. The number of carbonyl (C=O) groups excluding carboxylic acids is 1. The molecule has 5 nitrogen and oxygen atoms in total. The number of fused-ring (bicyclic) bond motifs is 1. The predicted molar refractivity (Wildman–Crippen MR) is 59.0 cm³/mol. The third-order valence-electron chi connectivity index (χ3n) is 2.87. The second kappa shape index (κ2) is 5.12. The molecule has 2 aliphatic rings. The van der Waals surface area contributed by atoms with Crippen molar-refractivity contribution in [2.75, 3.05) is 26.2 Å². The van der Waals surface area contributed by atoms with Crippen LogP contribution in [0.2, 0.25) is 0 Å². The van der Waals surface area contributed by atoms with Crippen molar-refractivity contribution in [3.8, 4) is 0 Å². The summed E-state index contributed by atoms with van der Waals surface area (Å²) in [6, 6.07) is -0.225. The van der Waals surface area contributed by atoms with Crippen LogP contribution in [-0.2, 0) is 9.53 Å². The Morgan fingerprint density at radius 3 is 3.00 bits per heavy atom. The fourth-order valence-electron chi connectivity index (χ4n) is 2.13.